The predicted octanol–water partition coefficient (Wildman–Crippen LogP) is 5.94. The highest BCUT2D eigenvalue weighted by Crippen LogP contribution is 2.32. The Kier molecular flexibility index (Phi) is 5.92. The van der Waals surface area contributed by atoms with Crippen LogP contribution < -0.4 is 10.6 Å². The second-order valence-corrected chi connectivity index (χ2v) is 7.62. The van der Waals surface area contributed by atoms with Crippen molar-refractivity contribution in [3.05, 3.63) is 114 Å². The number of rotatable bonds is 2. The van der Waals surface area contributed by atoms with Gasteiger partial charge >= 0.3 is 0 Å². The van der Waals surface area contributed by atoms with Crippen molar-refractivity contribution in [3.8, 4) is 0 Å². The molecule has 0 aliphatic carbocycles. The number of hydrogen-bond acceptors (Lipinski definition) is 3. The molecule has 2 heterocycles. The molecule has 0 spiro atoms. The number of aromatic nitrogens is 1. The standard InChI is InChI=1S/C18H20N2.C9H7N/c1-13-7-6-8-15-11-18(14(2)19)20(12-17(13)15)16-9-4-3-5-10-16;1-2-6-9-8(4-1)5-3-7-10-9/h3-11,14H,12,19H2,1-2H3;1-7H. The first-order valence-corrected chi connectivity index (χ1v) is 10.3. The summed E-state index contributed by atoms with van der Waals surface area (Å²) in [4.78, 5) is 6.50. The minimum absolute atomic E-state index is 0.0175. The quantitative estimate of drug-likeness (QED) is 0.458. The third kappa shape index (κ3) is 4.27. The Morgan fingerprint density at radius 1 is 0.867 bits per heavy atom. The average Bonchev–Trinajstić information content (AvgIpc) is 2.80. The summed E-state index contributed by atoms with van der Waals surface area (Å²) >= 11 is 0. The van der Waals surface area contributed by atoms with E-state index in [9.17, 15) is 0 Å². The highest BCUT2D eigenvalue weighted by Gasteiger charge is 2.22. The van der Waals surface area contributed by atoms with Crippen LogP contribution in [0.4, 0.5) is 5.69 Å². The second kappa shape index (κ2) is 8.93. The van der Waals surface area contributed by atoms with Crippen molar-refractivity contribution < 1.29 is 0 Å². The van der Waals surface area contributed by atoms with Crippen LogP contribution in [-0.4, -0.2) is 11.0 Å². The van der Waals surface area contributed by atoms with Gasteiger partial charge in [0.05, 0.1) is 5.52 Å². The fourth-order valence-electron chi connectivity index (χ4n) is 3.80. The molecular formula is C27H27N3. The van der Waals surface area contributed by atoms with Crippen molar-refractivity contribution in [2.75, 3.05) is 4.90 Å². The molecule has 3 nitrogen and oxygen atoms in total. The van der Waals surface area contributed by atoms with E-state index in [0.717, 1.165) is 12.1 Å². The summed E-state index contributed by atoms with van der Waals surface area (Å²) in [6.45, 7) is 5.11. The van der Waals surface area contributed by atoms with Crippen LogP contribution in [0.3, 0.4) is 0 Å². The van der Waals surface area contributed by atoms with E-state index in [1.807, 2.05) is 43.5 Å². The number of benzene rings is 3. The smallest absolute Gasteiger partial charge is 0.0701 e. The molecule has 1 atom stereocenters. The predicted molar refractivity (Wildman–Crippen MR) is 127 cm³/mol. The molecule has 4 aromatic rings. The summed E-state index contributed by atoms with van der Waals surface area (Å²) in [6.07, 6.45) is 4.03. The zero-order valence-electron chi connectivity index (χ0n) is 17.5. The SMILES string of the molecule is Cc1cccc2c1CN(c1ccccc1)C(C(C)N)=C2.c1ccc2ncccc2c1. The normalized spacial score (nSPS) is 13.7. The molecule has 1 aliphatic rings. The van der Waals surface area contributed by atoms with Crippen LogP contribution in [0.25, 0.3) is 17.0 Å². The van der Waals surface area contributed by atoms with Gasteiger partial charge in [-0.2, -0.15) is 0 Å². The zero-order chi connectivity index (χ0) is 20.9. The van der Waals surface area contributed by atoms with Crippen molar-refractivity contribution in [1.29, 1.82) is 0 Å². The van der Waals surface area contributed by atoms with Crippen molar-refractivity contribution in [2.45, 2.75) is 26.4 Å². The average molecular weight is 394 g/mol. The molecule has 3 heteroatoms. The van der Waals surface area contributed by atoms with Crippen LogP contribution in [0, 0.1) is 6.92 Å². The molecule has 0 radical (unpaired) electrons. The van der Waals surface area contributed by atoms with Crippen molar-refractivity contribution in [2.24, 2.45) is 5.73 Å². The van der Waals surface area contributed by atoms with Crippen LogP contribution in [0.15, 0.2) is 96.8 Å². The van der Waals surface area contributed by atoms with Crippen molar-refractivity contribution in [1.82, 2.24) is 4.98 Å². The number of hydrogen-bond donors (Lipinski definition) is 1. The number of nitrogens with two attached hydrogens (primary N) is 1. The fourth-order valence-corrected chi connectivity index (χ4v) is 3.80. The summed E-state index contributed by atoms with van der Waals surface area (Å²) in [5.74, 6) is 0. The molecule has 2 N–H and O–H groups in total. The molecule has 5 rings (SSSR count). The number of anilines is 1. The summed E-state index contributed by atoms with van der Waals surface area (Å²) in [5.41, 5.74) is 13.6. The van der Waals surface area contributed by atoms with Gasteiger partial charge in [0.25, 0.3) is 0 Å². The Morgan fingerprint density at radius 2 is 1.60 bits per heavy atom. The highest BCUT2D eigenvalue weighted by molar-refractivity contribution is 5.77. The number of para-hydroxylation sites is 2. The third-order valence-electron chi connectivity index (χ3n) is 5.42. The number of pyridine rings is 1. The minimum Gasteiger partial charge on any atom is -0.339 e. The summed E-state index contributed by atoms with van der Waals surface area (Å²) in [6, 6.07) is 29.0. The van der Waals surface area contributed by atoms with Gasteiger partial charge < -0.3 is 10.6 Å². The molecule has 0 saturated heterocycles. The highest BCUT2D eigenvalue weighted by atomic mass is 15.2. The van der Waals surface area contributed by atoms with Gasteiger partial charge in [-0.3, -0.25) is 4.98 Å². The second-order valence-electron chi connectivity index (χ2n) is 7.62. The Bertz CT molecular complexity index is 1100. The number of fused-ring (bicyclic) bond motifs is 2. The lowest BCUT2D eigenvalue weighted by atomic mass is 9.95. The minimum atomic E-state index is 0.0175. The van der Waals surface area contributed by atoms with Gasteiger partial charge in [0.1, 0.15) is 0 Å². The molecular weight excluding hydrogens is 366 g/mol. The van der Waals surface area contributed by atoms with Gasteiger partial charge in [0, 0.05) is 35.6 Å². The zero-order valence-corrected chi connectivity index (χ0v) is 17.5. The Balaban J connectivity index is 0.000000181. The van der Waals surface area contributed by atoms with Crippen LogP contribution in [0.2, 0.25) is 0 Å². The molecule has 0 bridgehead atoms. The molecule has 3 aromatic carbocycles. The molecule has 0 saturated carbocycles. The maximum Gasteiger partial charge on any atom is 0.0701 e. The first kappa shape index (κ1) is 19.9. The third-order valence-corrected chi connectivity index (χ3v) is 5.42. The van der Waals surface area contributed by atoms with Crippen LogP contribution in [0.5, 0.6) is 0 Å². The lowest BCUT2D eigenvalue weighted by molar-refractivity contribution is 0.765. The Hall–Kier alpha value is -3.43. The van der Waals surface area contributed by atoms with Gasteiger partial charge in [0.15, 0.2) is 0 Å². The summed E-state index contributed by atoms with van der Waals surface area (Å²) < 4.78 is 0. The fraction of sp³-hybridized carbons (Fsp3) is 0.148. The van der Waals surface area contributed by atoms with Crippen molar-refractivity contribution >= 4 is 22.7 Å². The molecule has 1 unspecified atom stereocenters. The monoisotopic (exact) mass is 393 g/mol. The van der Waals surface area contributed by atoms with E-state index in [4.69, 9.17) is 5.73 Å². The lowest BCUT2D eigenvalue weighted by Gasteiger charge is -2.34. The van der Waals surface area contributed by atoms with E-state index in [1.54, 1.807) is 0 Å². The molecule has 1 aliphatic heterocycles. The van der Waals surface area contributed by atoms with Gasteiger partial charge in [-0.25, -0.2) is 0 Å². The number of aryl methyl sites for hydroxylation is 1. The summed E-state index contributed by atoms with van der Waals surface area (Å²) in [5, 5.41) is 1.20. The molecule has 0 fully saturated rings. The molecule has 30 heavy (non-hydrogen) atoms. The first-order chi connectivity index (χ1) is 14.6. The first-order valence-electron chi connectivity index (χ1n) is 10.3. The Morgan fingerprint density at radius 3 is 2.37 bits per heavy atom. The summed E-state index contributed by atoms with van der Waals surface area (Å²) in [7, 11) is 0. The topological polar surface area (TPSA) is 42.1 Å². The number of nitrogens with zero attached hydrogens (tertiary/aromatic N) is 2. The van der Waals surface area contributed by atoms with E-state index >= 15 is 0 Å². The van der Waals surface area contributed by atoms with Crippen LogP contribution >= 0.6 is 0 Å². The van der Waals surface area contributed by atoms with Crippen molar-refractivity contribution in [3.63, 3.8) is 0 Å². The van der Waals surface area contributed by atoms with Gasteiger partial charge in [0.2, 0.25) is 0 Å². The molecule has 1 aromatic heterocycles. The van der Waals surface area contributed by atoms with Gasteiger partial charge in [-0.15, -0.1) is 0 Å². The van der Waals surface area contributed by atoms with Gasteiger partial charge in [-0.1, -0.05) is 60.7 Å². The van der Waals surface area contributed by atoms with Crippen LogP contribution in [-0.2, 0) is 6.54 Å². The molecule has 0 amide bonds. The van der Waals surface area contributed by atoms with E-state index in [1.165, 1.54) is 33.5 Å². The van der Waals surface area contributed by atoms with E-state index in [2.05, 4.69) is 77.5 Å². The van der Waals surface area contributed by atoms with E-state index in [0.29, 0.717) is 0 Å². The maximum atomic E-state index is 6.18. The van der Waals surface area contributed by atoms with Crippen LogP contribution in [0.1, 0.15) is 23.6 Å². The van der Waals surface area contributed by atoms with Gasteiger partial charge in [-0.05, 0) is 60.9 Å². The van der Waals surface area contributed by atoms with E-state index in [-0.39, 0.29) is 6.04 Å². The Labute approximate surface area is 178 Å². The largest absolute Gasteiger partial charge is 0.339 e. The van der Waals surface area contributed by atoms with E-state index < -0.39 is 0 Å². The maximum absolute atomic E-state index is 6.18. The molecule has 150 valence electrons. The lowest BCUT2D eigenvalue weighted by Crippen LogP contribution is -2.35.